The normalized spacial score (nSPS) is 9.82. The molecule has 1 rings (SSSR count). The van der Waals surface area contributed by atoms with E-state index in [2.05, 4.69) is 5.32 Å². The summed E-state index contributed by atoms with van der Waals surface area (Å²) in [6.07, 6.45) is 0. The number of rotatable bonds is 4. The molecule has 17 heavy (non-hydrogen) atoms. The van der Waals surface area contributed by atoms with Crippen LogP contribution in [0.4, 0.5) is 5.69 Å². The third kappa shape index (κ3) is 3.42. The van der Waals surface area contributed by atoms with E-state index < -0.39 is 0 Å². The zero-order valence-electron chi connectivity index (χ0n) is 10.3. The van der Waals surface area contributed by atoms with E-state index in [1.165, 1.54) is 0 Å². The first-order chi connectivity index (χ1) is 7.95. The second kappa shape index (κ2) is 5.63. The number of hydrogen-bond donors (Lipinski definition) is 2. The lowest BCUT2D eigenvalue weighted by atomic mass is 10.1. The van der Waals surface area contributed by atoms with Crippen LogP contribution in [0.25, 0.3) is 0 Å². The van der Waals surface area contributed by atoms with Crippen molar-refractivity contribution in [2.24, 2.45) is 5.73 Å². The van der Waals surface area contributed by atoms with Gasteiger partial charge in [0.15, 0.2) is 0 Å². The molecular weight excluding hydrogens is 234 g/mol. The summed E-state index contributed by atoms with van der Waals surface area (Å²) >= 11 is 4.95. The first-order valence-electron chi connectivity index (χ1n) is 5.28. The Kier molecular flexibility index (Phi) is 4.45. The second-order valence-electron chi connectivity index (χ2n) is 3.89. The number of thiocarbonyl (C=S) groups is 1. The highest BCUT2D eigenvalue weighted by Gasteiger charge is 2.08. The van der Waals surface area contributed by atoms with Crippen molar-refractivity contribution in [3.05, 3.63) is 29.3 Å². The fraction of sp³-hybridized carbons (Fsp3) is 0.333. The number of hydrogen-bond acceptors (Lipinski definition) is 3. The Morgan fingerprint density at radius 2 is 2.18 bits per heavy atom. The Labute approximate surface area is 107 Å². The van der Waals surface area contributed by atoms with Gasteiger partial charge in [-0.1, -0.05) is 12.2 Å². The molecule has 3 N–H and O–H groups in total. The number of nitrogens with zero attached hydrogens (tertiary/aromatic N) is 1. The van der Waals surface area contributed by atoms with Crippen LogP contribution < -0.4 is 16.0 Å². The standard InChI is InChI=1S/C12H17N3OS/c1-8-6-9(4-5-10(8)12(13)17)15(3)7-11(16)14-2/h4-6H,7H2,1-3H3,(H2,13,17)(H,14,16). The maximum Gasteiger partial charge on any atom is 0.239 e. The number of anilines is 1. The van der Waals surface area contributed by atoms with Crippen LogP contribution in [0.1, 0.15) is 11.1 Å². The van der Waals surface area contributed by atoms with Gasteiger partial charge in [-0.3, -0.25) is 4.79 Å². The third-order valence-corrected chi connectivity index (χ3v) is 2.80. The number of aryl methyl sites for hydroxylation is 1. The maximum atomic E-state index is 11.3. The van der Waals surface area contributed by atoms with E-state index in [9.17, 15) is 4.79 Å². The van der Waals surface area contributed by atoms with Crippen molar-refractivity contribution in [1.29, 1.82) is 0 Å². The number of likely N-dealkylation sites (N-methyl/N-ethyl adjacent to an activating group) is 2. The van der Waals surface area contributed by atoms with Crippen molar-refractivity contribution >= 4 is 28.8 Å². The van der Waals surface area contributed by atoms with Gasteiger partial charge in [-0.2, -0.15) is 0 Å². The van der Waals surface area contributed by atoms with Crippen LogP contribution in [-0.2, 0) is 4.79 Å². The summed E-state index contributed by atoms with van der Waals surface area (Å²) in [5, 5.41) is 2.59. The third-order valence-electron chi connectivity index (χ3n) is 2.58. The van der Waals surface area contributed by atoms with E-state index >= 15 is 0 Å². The summed E-state index contributed by atoms with van der Waals surface area (Å²) in [5.41, 5.74) is 8.45. The molecule has 0 aliphatic heterocycles. The van der Waals surface area contributed by atoms with Crippen molar-refractivity contribution < 1.29 is 4.79 Å². The average molecular weight is 251 g/mol. The van der Waals surface area contributed by atoms with Gasteiger partial charge in [-0.15, -0.1) is 0 Å². The van der Waals surface area contributed by atoms with Gasteiger partial charge < -0.3 is 16.0 Å². The Bertz CT molecular complexity index is 445. The quantitative estimate of drug-likeness (QED) is 0.778. The van der Waals surface area contributed by atoms with Gasteiger partial charge in [0.2, 0.25) is 5.91 Å². The number of carbonyl (C=O) groups is 1. The Morgan fingerprint density at radius 3 is 2.65 bits per heavy atom. The molecule has 0 saturated carbocycles. The van der Waals surface area contributed by atoms with E-state index in [0.717, 1.165) is 16.8 Å². The Balaban J connectivity index is 2.89. The van der Waals surface area contributed by atoms with Crippen LogP contribution in [-0.4, -0.2) is 31.5 Å². The molecule has 0 fully saturated rings. The van der Waals surface area contributed by atoms with Gasteiger partial charge in [0.1, 0.15) is 4.99 Å². The zero-order valence-corrected chi connectivity index (χ0v) is 11.1. The molecule has 0 aromatic heterocycles. The number of nitrogens with two attached hydrogens (primary N) is 1. The molecule has 4 nitrogen and oxygen atoms in total. The molecule has 0 atom stereocenters. The minimum Gasteiger partial charge on any atom is -0.389 e. The predicted octanol–water partition coefficient (Wildman–Crippen LogP) is 0.811. The molecule has 0 radical (unpaired) electrons. The van der Waals surface area contributed by atoms with Gasteiger partial charge in [0.05, 0.1) is 6.54 Å². The summed E-state index contributed by atoms with van der Waals surface area (Å²) in [4.78, 5) is 13.5. The van der Waals surface area contributed by atoms with Crippen molar-refractivity contribution in [2.45, 2.75) is 6.92 Å². The summed E-state index contributed by atoms with van der Waals surface area (Å²) < 4.78 is 0. The van der Waals surface area contributed by atoms with E-state index in [0.29, 0.717) is 11.5 Å². The van der Waals surface area contributed by atoms with Crippen LogP contribution in [0, 0.1) is 6.92 Å². The van der Waals surface area contributed by atoms with E-state index in [1.807, 2.05) is 37.1 Å². The van der Waals surface area contributed by atoms with Gasteiger partial charge in [0, 0.05) is 25.3 Å². The largest absolute Gasteiger partial charge is 0.389 e. The fourth-order valence-electron chi connectivity index (χ4n) is 1.55. The van der Waals surface area contributed by atoms with Gasteiger partial charge in [0.25, 0.3) is 0 Å². The molecule has 0 aliphatic rings. The monoisotopic (exact) mass is 251 g/mol. The predicted molar refractivity (Wildman–Crippen MR) is 74.4 cm³/mol. The Morgan fingerprint density at radius 1 is 1.53 bits per heavy atom. The number of nitrogens with one attached hydrogen (secondary N) is 1. The Hall–Kier alpha value is -1.62. The minimum absolute atomic E-state index is 0.0245. The molecular formula is C12H17N3OS. The summed E-state index contributed by atoms with van der Waals surface area (Å²) in [6.45, 7) is 2.27. The summed E-state index contributed by atoms with van der Waals surface area (Å²) in [7, 11) is 3.49. The van der Waals surface area contributed by atoms with Crippen molar-refractivity contribution in [2.75, 3.05) is 25.5 Å². The first-order valence-corrected chi connectivity index (χ1v) is 5.68. The highest BCUT2D eigenvalue weighted by Crippen LogP contribution is 2.18. The van der Waals surface area contributed by atoms with Crippen molar-refractivity contribution in [3.63, 3.8) is 0 Å². The summed E-state index contributed by atoms with van der Waals surface area (Å²) in [6, 6.07) is 5.76. The number of carbonyl (C=O) groups excluding carboxylic acids is 1. The van der Waals surface area contributed by atoms with Gasteiger partial charge in [-0.05, 0) is 30.7 Å². The lowest BCUT2D eigenvalue weighted by molar-refractivity contribution is -0.119. The molecule has 0 heterocycles. The SMILES string of the molecule is CNC(=O)CN(C)c1ccc(C(N)=S)c(C)c1. The molecule has 92 valence electrons. The highest BCUT2D eigenvalue weighted by atomic mass is 32.1. The number of amides is 1. The summed E-state index contributed by atoms with van der Waals surface area (Å²) in [5.74, 6) is -0.0245. The van der Waals surface area contributed by atoms with Crippen molar-refractivity contribution in [3.8, 4) is 0 Å². The molecule has 0 bridgehead atoms. The number of benzene rings is 1. The molecule has 1 aromatic carbocycles. The van der Waals surface area contributed by atoms with E-state index in [4.69, 9.17) is 18.0 Å². The molecule has 5 heteroatoms. The molecule has 0 aliphatic carbocycles. The van der Waals surface area contributed by atoms with Crippen LogP contribution in [0.3, 0.4) is 0 Å². The minimum atomic E-state index is -0.0245. The smallest absolute Gasteiger partial charge is 0.239 e. The zero-order chi connectivity index (χ0) is 13.0. The topological polar surface area (TPSA) is 58.4 Å². The lowest BCUT2D eigenvalue weighted by Crippen LogP contribution is -2.33. The molecule has 0 unspecified atom stereocenters. The molecule has 1 amide bonds. The molecule has 0 saturated heterocycles. The van der Waals surface area contributed by atoms with Crippen molar-refractivity contribution in [1.82, 2.24) is 5.32 Å². The maximum absolute atomic E-state index is 11.3. The lowest BCUT2D eigenvalue weighted by Gasteiger charge is -2.19. The van der Waals surface area contributed by atoms with Gasteiger partial charge in [-0.25, -0.2) is 0 Å². The van der Waals surface area contributed by atoms with E-state index in [-0.39, 0.29) is 5.91 Å². The highest BCUT2D eigenvalue weighted by molar-refractivity contribution is 7.80. The fourth-order valence-corrected chi connectivity index (χ4v) is 1.78. The second-order valence-corrected chi connectivity index (χ2v) is 4.33. The van der Waals surface area contributed by atoms with Gasteiger partial charge >= 0.3 is 0 Å². The average Bonchev–Trinajstić information content (AvgIpc) is 2.28. The molecule has 0 spiro atoms. The van der Waals surface area contributed by atoms with Crippen LogP contribution in [0.5, 0.6) is 0 Å². The van der Waals surface area contributed by atoms with Crippen LogP contribution in [0.15, 0.2) is 18.2 Å². The van der Waals surface area contributed by atoms with E-state index in [1.54, 1.807) is 7.05 Å². The van der Waals surface area contributed by atoms with Crippen LogP contribution >= 0.6 is 12.2 Å². The van der Waals surface area contributed by atoms with Crippen LogP contribution in [0.2, 0.25) is 0 Å². The molecule has 1 aromatic rings. The first kappa shape index (κ1) is 13.4.